The molecule has 2 aromatic carbocycles. The number of ketones is 1. The Morgan fingerprint density at radius 3 is 2.12 bits per heavy atom. The molecule has 2 aromatic rings. The van der Waals surface area contributed by atoms with E-state index in [1.165, 1.54) is 12.1 Å². The molecular weight excluding hydrogens is 351 g/mol. The molecule has 0 unspecified atom stereocenters. The van der Waals surface area contributed by atoms with Crippen LogP contribution in [-0.4, -0.2) is 5.78 Å². The summed E-state index contributed by atoms with van der Waals surface area (Å²) in [5.41, 5.74) is -0.785. The summed E-state index contributed by atoms with van der Waals surface area (Å²) < 4.78 is 66.3. The fourth-order valence-electron chi connectivity index (χ4n) is 3.65. The zero-order chi connectivity index (χ0) is 18.9. The third kappa shape index (κ3) is 3.79. The van der Waals surface area contributed by atoms with Crippen molar-refractivity contribution in [3.8, 4) is 0 Å². The molecule has 0 N–H and O–H groups in total. The van der Waals surface area contributed by atoms with Gasteiger partial charge < -0.3 is 0 Å². The second kappa shape index (κ2) is 6.82. The van der Waals surface area contributed by atoms with Crippen LogP contribution in [0.15, 0.2) is 42.5 Å². The summed E-state index contributed by atoms with van der Waals surface area (Å²) in [5.74, 6) is -1.08. The second-order valence-electron chi connectivity index (χ2n) is 6.81. The Labute approximate surface area is 147 Å². The number of benzene rings is 2. The zero-order valence-corrected chi connectivity index (χ0v) is 13.9. The minimum Gasteiger partial charge on any atom is -0.300 e. The van der Waals surface area contributed by atoms with Gasteiger partial charge in [-0.15, -0.1) is 0 Å². The van der Waals surface area contributed by atoms with Gasteiger partial charge in [0.05, 0.1) is 5.56 Å². The van der Waals surface area contributed by atoms with Crippen LogP contribution in [0.3, 0.4) is 0 Å². The first-order valence-corrected chi connectivity index (χ1v) is 8.33. The largest absolute Gasteiger partial charge is 0.416 e. The van der Waals surface area contributed by atoms with Gasteiger partial charge in [0.15, 0.2) is 0 Å². The van der Waals surface area contributed by atoms with Gasteiger partial charge in [-0.2, -0.15) is 13.2 Å². The third-order valence-electron chi connectivity index (χ3n) is 5.09. The van der Waals surface area contributed by atoms with Crippen LogP contribution in [-0.2, 0) is 22.8 Å². The van der Waals surface area contributed by atoms with E-state index in [9.17, 15) is 26.7 Å². The monoisotopic (exact) mass is 368 g/mol. The van der Waals surface area contributed by atoms with Crippen molar-refractivity contribution in [1.82, 2.24) is 0 Å². The summed E-state index contributed by atoms with van der Waals surface area (Å²) in [5, 5.41) is 0. The molecule has 0 heterocycles. The predicted molar refractivity (Wildman–Crippen MR) is 86.7 cm³/mol. The lowest BCUT2D eigenvalue weighted by Gasteiger charge is -2.38. The molecule has 1 nitrogen and oxygen atoms in total. The fraction of sp³-hybridized carbons (Fsp3) is 0.350. The van der Waals surface area contributed by atoms with Gasteiger partial charge in [0.25, 0.3) is 0 Å². The number of carbonyl (C=O) groups is 1. The molecule has 6 heteroatoms. The molecule has 0 radical (unpaired) electrons. The maximum atomic E-state index is 14.4. The van der Waals surface area contributed by atoms with Crippen molar-refractivity contribution in [2.75, 3.05) is 0 Å². The van der Waals surface area contributed by atoms with Crippen molar-refractivity contribution >= 4 is 5.78 Å². The molecular formula is C20H17F5O. The number of rotatable bonds is 3. The van der Waals surface area contributed by atoms with Crippen molar-refractivity contribution in [2.24, 2.45) is 0 Å². The highest BCUT2D eigenvalue weighted by atomic mass is 19.4. The Morgan fingerprint density at radius 1 is 0.923 bits per heavy atom. The number of halogens is 5. The van der Waals surface area contributed by atoms with Crippen LogP contribution < -0.4 is 0 Å². The van der Waals surface area contributed by atoms with Crippen LogP contribution in [0.1, 0.15) is 42.4 Å². The lowest BCUT2D eigenvalue weighted by Crippen LogP contribution is -2.35. The molecule has 138 valence electrons. The maximum absolute atomic E-state index is 14.4. The fourth-order valence-corrected chi connectivity index (χ4v) is 3.65. The quantitative estimate of drug-likeness (QED) is 0.644. The van der Waals surface area contributed by atoms with E-state index >= 15 is 0 Å². The van der Waals surface area contributed by atoms with E-state index in [2.05, 4.69) is 0 Å². The van der Waals surface area contributed by atoms with E-state index in [1.54, 1.807) is 0 Å². The Morgan fingerprint density at radius 2 is 1.54 bits per heavy atom. The van der Waals surface area contributed by atoms with E-state index in [1.807, 2.05) is 0 Å². The van der Waals surface area contributed by atoms with Crippen LogP contribution in [0.4, 0.5) is 22.0 Å². The molecule has 0 spiro atoms. The number of carbonyl (C=O) groups excluding carboxylic acids is 1. The summed E-state index contributed by atoms with van der Waals surface area (Å²) >= 11 is 0. The summed E-state index contributed by atoms with van der Waals surface area (Å²) in [6, 6.07) is 7.90. The molecule has 1 fully saturated rings. The summed E-state index contributed by atoms with van der Waals surface area (Å²) in [6.07, 6.45) is -3.01. The summed E-state index contributed by atoms with van der Waals surface area (Å²) in [4.78, 5) is 11.6. The highest BCUT2D eigenvalue weighted by Crippen LogP contribution is 2.42. The van der Waals surface area contributed by atoms with Gasteiger partial charge >= 0.3 is 6.18 Å². The predicted octanol–water partition coefficient (Wildman–Crippen LogP) is 5.61. The smallest absolute Gasteiger partial charge is 0.300 e. The first-order chi connectivity index (χ1) is 12.2. The van der Waals surface area contributed by atoms with Crippen LogP contribution >= 0.6 is 0 Å². The molecule has 0 aromatic heterocycles. The number of hydrogen-bond acceptors (Lipinski definition) is 1. The average Bonchev–Trinajstić information content (AvgIpc) is 2.59. The zero-order valence-electron chi connectivity index (χ0n) is 13.9. The van der Waals surface area contributed by atoms with Crippen molar-refractivity contribution in [1.29, 1.82) is 0 Å². The normalized spacial score (nSPS) is 17.3. The van der Waals surface area contributed by atoms with Gasteiger partial charge in [0, 0.05) is 18.3 Å². The number of hydrogen-bond donors (Lipinski definition) is 0. The Bertz CT molecular complexity index is 798. The van der Waals surface area contributed by atoms with Gasteiger partial charge in [-0.3, -0.25) is 4.79 Å². The third-order valence-corrected chi connectivity index (χ3v) is 5.09. The summed E-state index contributed by atoms with van der Waals surface area (Å²) in [7, 11) is 0. The molecule has 3 rings (SSSR count). The number of alkyl halides is 3. The molecule has 1 saturated carbocycles. The average molecular weight is 368 g/mol. The van der Waals surface area contributed by atoms with E-state index in [-0.39, 0.29) is 30.6 Å². The number of Topliss-reactive ketones (excluding diaryl/α,β-unsaturated/α-hetero) is 1. The van der Waals surface area contributed by atoms with Crippen LogP contribution in [0.2, 0.25) is 0 Å². The van der Waals surface area contributed by atoms with Gasteiger partial charge in [-0.25, -0.2) is 8.78 Å². The molecule has 26 heavy (non-hydrogen) atoms. The van der Waals surface area contributed by atoms with Gasteiger partial charge in [-0.1, -0.05) is 12.1 Å². The molecule has 0 aliphatic heterocycles. The van der Waals surface area contributed by atoms with Gasteiger partial charge in [-0.05, 0) is 60.7 Å². The lowest BCUT2D eigenvalue weighted by molar-refractivity contribution is -0.137. The molecule has 1 aliphatic carbocycles. The van der Waals surface area contributed by atoms with Crippen LogP contribution in [0, 0.1) is 11.6 Å². The Balaban J connectivity index is 1.97. The van der Waals surface area contributed by atoms with Crippen molar-refractivity contribution < 1.29 is 26.7 Å². The highest BCUT2D eigenvalue weighted by molar-refractivity contribution is 5.79. The Hall–Kier alpha value is -2.24. The highest BCUT2D eigenvalue weighted by Gasteiger charge is 2.39. The molecule has 0 amide bonds. The minimum absolute atomic E-state index is 0.0601. The standard InChI is InChI=1S/C20H17F5O/c21-15-5-6-18(22)17(11-15)19(9-7-16(26)8-10-19)12-13-1-3-14(4-2-13)20(23,24)25/h1-6,11H,7-10,12H2. The van der Waals surface area contributed by atoms with Crippen molar-refractivity contribution in [3.05, 3.63) is 70.8 Å². The van der Waals surface area contributed by atoms with Crippen LogP contribution in [0.25, 0.3) is 0 Å². The van der Waals surface area contributed by atoms with E-state index in [4.69, 9.17) is 0 Å². The van der Waals surface area contributed by atoms with Gasteiger partial charge in [0.1, 0.15) is 17.4 Å². The minimum atomic E-state index is -4.43. The first kappa shape index (κ1) is 18.5. The molecule has 0 saturated heterocycles. The van der Waals surface area contributed by atoms with Crippen LogP contribution in [0.5, 0.6) is 0 Å². The molecule has 0 bridgehead atoms. The topological polar surface area (TPSA) is 17.1 Å². The van der Waals surface area contributed by atoms with Crippen molar-refractivity contribution in [2.45, 2.75) is 43.7 Å². The Kier molecular flexibility index (Phi) is 4.86. The van der Waals surface area contributed by atoms with E-state index in [0.717, 1.165) is 30.3 Å². The second-order valence-corrected chi connectivity index (χ2v) is 6.81. The molecule has 0 atom stereocenters. The SMILES string of the molecule is O=C1CCC(Cc2ccc(C(F)(F)F)cc2)(c2cc(F)ccc2F)CC1. The van der Waals surface area contributed by atoms with Gasteiger partial charge in [0.2, 0.25) is 0 Å². The lowest BCUT2D eigenvalue weighted by atomic mass is 9.65. The first-order valence-electron chi connectivity index (χ1n) is 8.33. The maximum Gasteiger partial charge on any atom is 0.416 e. The van der Waals surface area contributed by atoms with E-state index in [0.29, 0.717) is 18.4 Å². The van der Waals surface area contributed by atoms with Crippen molar-refractivity contribution in [3.63, 3.8) is 0 Å². The summed E-state index contributed by atoms with van der Waals surface area (Å²) in [6.45, 7) is 0. The van der Waals surface area contributed by atoms with E-state index < -0.39 is 28.8 Å². The molecule has 1 aliphatic rings.